The Labute approximate surface area is 90.7 Å². The van der Waals surface area contributed by atoms with Crippen LogP contribution in [-0.4, -0.2) is 6.54 Å². The fourth-order valence-corrected chi connectivity index (χ4v) is 1.73. The zero-order valence-electron chi connectivity index (χ0n) is 9.58. The summed E-state index contributed by atoms with van der Waals surface area (Å²) in [6.45, 7) is 7.04. The molecule has 15 heavy (non-hydrogen) atoms. The number of hydrogen-bond acceptors (Lipinski definition) is 3. The Morgan fingerprint density at radius 3 is 2.47 bits per heavy atom. The van der Waals surface area contributed by atoms with Gasteiger partial charge in [0, 0.05) is 0 Å². The van der Waals surface area contributed by atoms with Crippen molar-refractivity contribution in [2.75, 3.05) is 6.54 Å². The van der Waals surface area contributed by atoms with Gasteiger partial charge >= 0.3 is 0 Å². The summed E-state index contributed by atoms with van der Waals surface area (Å²) in [7, 11) is 0. The highest BCUT2D eigenvalue weighted by Gasteiger charge is 2.17. The van der Waals surface area contributed by atoms with Crippen LogP contribution in [0.3, 0.4) is 0 Å². The Hall–Kier alpha value is -1.22. The van der Waals surface area contributed by atoms with Crippen LogP contribution in [0.15, 0.2) is 23.4 Å². The van der Waals surface area contributed by atoms with Crippen molar-refractivity contribution in [2.45, 2.75) is 32.6 Å². The second-order valence-electron chi connectivity index (χ2n) is 4.72. The van der Waals surface area contributed by atoms with Crippen molar-refractivity contribution >= 4 is 5.69 Å². The highest BCUT2D eigenvalue weighted by atomic mass is 16.3. The van der Waals surface area contributed by atoms with Crippen LogP contribution < -0.4 is 5.73 Å². The summed E-state index contributed by atoms with van der Waals surface area (Å²) >= 11 is 0. The van der Waals surface area contributed by atoms with Crippen LogP contribution in [-0.2, 0) is 11.8 Å². The molecule has 1 rings (SSSR count). The van der Waals surface area contributed by atoms with Crippen LogP contribution in [0.25, 0.3) is 0 Å². The van der Waals surface area contributed by atoms with Gasteiger partial charge in [0.1, 0.15) is 5.69 Å². The fourth-order valence-electron chi connectivity index (χ4n) is 1.73. The third-order valence-corrected chi connectivity index (χ3v) is 2.42. The van der Waals surface area contributed by atoms with Crippen molar-refractivity contribution in [1.29, 1.82) is 0 Å². The second kappa shape index (κ2) is 4.53. The number of nitrogens with two attached hydrogens (primary N) is 1. The first-order valence-corrected chi connectivity index (χ1v) is 5.16. The van der Waals surface area contributed by atoms with E-state index in [1.165, 1.54) is 5.56 Å². The predicted molar refractivity (Wildman–Crippen MR) is 63.4 cm³/mol. The lowest BCUT2D eigenvalue weighted by molar-refractivity contribution is 0.582. The first-order chi connectivity index (χ1) is 6.99. The summed E-state index contributed by atoms with van der Waals surface area (Å²) in [5.74, 6) is 0. The third-order valence-electron chi connectivity index (χ3n) is 2.42. The Morgan fingerprint density at radius 2 is 2.00 bits per heavy atom. The number of hydrogen-bond donors (Lipinski definition) is 1. The summed E-state index contributed by atoms with van der Waals surface area (Å²) in [6, 6.07) is 5.57. The maximum Gasteiger partial charge on any atom is 0.108 e. The Morgan fingerprint density at radius 1 is 1.33 bits per heavy atom. The summed E-state index contributed by atoms with van der Waals surface area (Å²) in [5, 5.41) is 2.95. The normalized spacial score (nSPS) is 11.5. The molecule has 3 heteroatoms. The SMILES string of the molecule is CC(C)(C)c1ccc(N=O)cc1CCN. The molecule has 2 N–H and O–H groups in total. The summed E-state index contributed by atoms with van der Waals surface area (Å²) in [4.78, 5) is 10.4. The monoisotopic (exact) mass is 206 g/mol. The van der Waals surface area contributed by atoms with Crippen molar-refractivity contribution in [3.05, 3.63) is 34.2 Å². The molecule has 0 bridgehead atoms. The molecule has 0 aliphatic rings. The molecule has 1 aromatic carbocycles. The van der Waals surface area contributed by atoms with Crippen molar-refractivity contribution < 1.29 is 0 Å². The lowest BCUT2D eigenvalue weighted by Gasteiger charge is -2.22. The number of benzene rings is 1. The van der Waals surface area contributed by atoms with E-state index in [-0.39, 0.29) is 5.41 Å². The van der Waals surface area contributed by atoms with E-state index in [4.69, 9.17) is 5.73 Å². The largest absolute Gasteiger partial charge is 0.330 e. The fraction of sp³-hybridized carbons (Fsp3) is 0.500. The molecule has 1 aromatic rings. The highest BCUT2D eigenvalue weighted by molar-refractivity contribution is 5.46. The molecule has 0 heterocycles. The zero-order valence-corrected chi connectivity index (χ0v) is 9.58. The summed E-state index contributed by atoms with van der Waals surface area (Å²) in [5.41, 5.74) is 8.47. The smallest absolute Gasteiger partial charge is 0.108 e. The van der Waals surface area contributed by atoms with Gasteiger partial charge in [-0.3, -0.25) is 0 Å². The number of nitroso groups, excluding NO2 is 1. The molecule has 0 aromatic heterocycles. The van der Waals surface area contributed by atoms with Gasteiger partial charge in [0.25, 0.3) is 0 Å². The molecule has 0 saturated carbocycles. The topological polar surface area (TPSA) is 55.5 Å². The average Bonchev–Trinajstić information content (AvgIpc) is 2.16. The highest BCUT2D eigenvalue weighted by Crippen LogP contribution is 2.29. The molecule has 0 aliphatic heterocycles. The van der Waals surface area contributed by atoms with Gasteiger partial charge in [0.2, 0.25) is 0 Å². The van der Waals surface area contributed by atoms with Gasteiger partial charge in [0.05, 0.1) is 0 Å². The molecule has 0 saturated heterocycles. The van der Waals surface area contributed by atoms with E-state index in [9.17, 15) is 4.91 Å². The van der Waals surface area contributed by atoms with Crippen LogP contribution in [0.5, 0.6) is 0 Å². The number of nitrogens with zero attached hydrogens (tertiary/aromatic N) is 1. The predicted octanol–water partition coefficient (Wildman–Crippen LogP) is 2.88. The van der Waals surface area contributed by atoms with E-state index in [0.29, 0.717) is 12.2 Å². The molecule has 0 aliphatic carbocycles. The zero-order chi connectivity index (χ0) is 11.5. The molecular weight excluding hydrogens is 188 g/mol. The van der Waals surface area contributed by atoms with Crippen LogP contribution in [0.4, 0.5) is 5.69 Å². The Balaban J connectivity index is 3.20. The second-order valence-corrected chi connectivity index (χ2v) is 4.72. The molecule has 3 nitrogen and oxygen atoms in total. The minimum atomic E-state index is 0.0753. The molecule has 82 valence electrons. The van der Waals surface area contributed by atoms with E-state index in [1.54, 1.807) is 6.07 Å². The minimum absolute atomic E-state index is 0.0753. The molecule has 0 fully saturated rings. The minimum Gasteiger partial charge on any atom is -0.330 e. The van der Waals surface area contributed by atoms with E-state index < -0.39 is 0 Å². The van der Waals surface area contributed by atoms with Gasteiger partial charge in [0.15, 0.2) is 0 Å². The van der Waals surface area contributed by atoms with Gasteiger partial charge in [-0.1, -0.05) is 26.8 Å². The standard InChI is InChI=1S/C12H18N2O/c1-12(2,3)11-5-4-10(14-15)8-9(11)6-7-13/h4-5,8H,6-7,13H2,1-3H3. The maximum absolute atomic E-state index is 10.4. The van der Waals surface area contributed by atoms with Gasteiger partial charge in [-0.25, -0.2) is 0 Å². The van der Waals surface area contributed by atoms with Crippen molar-refractivity contribution in [2.24, 2.45) is 10.9 Å². The van der Waals surface area contributed by atoms with Gasteiger partial charge in [-0.05, 0) is 46.8 Å². The molecule has 0 radical (unpaired) electrons. The van der Waals surface area contributed by atoms with Crippen molar-refractivity contribution in [3.8, 4) is 0 Å². The molecule has 0 spiro atoms. The van der Waals surface area contributed by atoms with Crippen LogP contribution >= 0.6 is 0 Å². The maximum atomic E-state index is 10.4. The molecule has 0 unspecified atom stereocenters. The van der Waals surface area contributed by atoms with Gasteiger partial charge < -0.3 is 5.73 Å². The first kappa shape index (κ1) is 11.9. The summed E-state index contributed by atoms with van der Waals surface area (Å²) in [6.07, 6.45) is 0.788. The lowest BCUT2D eigenvalue weighted by Crippen LogP contribution is -2.16. The molecule has 0 atom stereocenters. The van der Waals surface area contributed by atoms with Gasteiger partial charge in [-0.15, -0.1) is 4.91 Å². The van der Waals surface area contributed by atoms with Crippen molar-refractivity contribution in [1.82, 2.24) is 0 Å². The van der Waals surface area contributed by atoms with E-state index in [1.807, 2.05) is 12.1 Å². The van der Waals surface area contributed by atoms with Crippen LogP contribution in [0, 0.1) is 4.91 Å². The quantitative estimate of drug-likeness (QED) is 0.773. The summed E-state index contributed by atoms with van der Waals surface area (Å²) < 4.78 is 0. The van der Waals surface area contributed by atoms with Gasteiger partial charge in [-0.2, -0.15) is 0 Å². The average molecular weight is 206 g/mol. The van der Waals surface area contributed by atoms with Crippen LogP contribution in [0.2, 0.25) is 0 Å². The Kier molecular flexibility index (Phi) is 3.58. The molecule has 0 amide bonds. The first-order valence-electron chi connectivity index (χ1n) is 5.16. The van der Waals surface area contributed by atoms with E-state index in [0.717, 1.165) is 12.0 Å². The third kappa shape index (κ3) is 2.86. The van der Waals surface area contributed by atoms with Crippen LogP contribution in [0.1, 0.15) is 31.9 Å². The van der Waals surface area contributed by atoms with E-state index >= 15 is 0 Å². The lowest BCUT2D eigenvalue weighted by atomic mass is 9.83. The van der Waals surface area contributed by atoms with E-state index in [2.05, 4.69) is 25.9 Å². The number of rotatable bonds is 3. The molecular formula is C12H18N2O. The van der Waals surface area contributed by atoms with Crippen molar-refractivity contribution in [3.63, 3.8) is 0 Å². The Bertz CT molecular complexity index is 353.